The van der Waals surface area contributed by atoms with Crippen LogP contribution in [0.5, 0.6) is 0 Å². The van der Waals surface area contributed by atoms with Crippen molar-refractivity contribution in [1.82, 2.24) is 0 Å². The first-order valence-corrected chi connectivity index (χ1v) is 3.09. The molecular weight excluding hydrogens is 159 g/mol. The molecule has 5 heteroatoms. The van der Waals surface area contributed by atoms with Crippen molar-refractivity contribution in [3.63, 3.8) is 0 Å². The molecule has 0 aromatic rings. The summed E-state index contributed by atoms with van der Waals surface area (Å²) in [6, 6.07) is -1.69. The summed E-state index contributed by atoms with van der Waals surface area (Å²) >= 11 is 0. The lowest BCUT2D eigenvalue weighted by atomic mass is 10.0. The fourth-order valence-electron chi connectivity index (χ4n) is 0.479. The number of carbonyl (C=O) groups excluding carboxylic acids is 1. The Balaban J connectivity index is 4.26. The average Bonchev–Trinajstić information content (AvgIpc) is 1.82. The van der Waals surface area contributed by atoms with Crippen LogP contribution in [0.25, 0.3) is 5.73 Å². The van der Waals surface area contributed by atoms with Gasteiger partial charge in [-0.2, -0.15) is 13.2 Å². The second-order valence-electron chi connectivity index (χ2n) is 2.58. The Bertz CT molecular complexity index is 152. The van der Waals surface area contributed by atoms with Gasteiger partial charge in [-0.3, -0.25) is 4.79 Å². The number of ketones is 1. The van der Waals surface area contributed by atoms with Crippen molar-refractivity contribution in [2.75, 3.05) is 0 Å². The van der Waals surface area contributed by atoms with Gasteiger partial charge in [-0.05, 0) is 0 Å². The number of rotatable bonds is 2. The van der Waals surface area contributed by atoms with Crippen LogP contribution < -0.4 is 0 Å². The van der Waals surface area contributed by atoms with E-state index in [1.165, 1.54) is 13.8 Å². The van der Waals surface area contributed by atoms with E-state index in [1.54, 1.807) is 0 Å². The molecule has 0 heterocycles. The van der Waals surface area contributed by atoms with E-state index in [9.17, 15) is 18.0 Å². The van der Waals surface area contributed by atoms with Gasteiger partial charge in [0.15, 0.2) is 0 Å². The van der Waals surface area contributed by atoms with Crippen LogP contribution in [0.1, 0.15) is 13.8 Å². The average molecular weight is 168 g/mol. The van der Waals surface area contributed by atoms with Crippen molar-refractivity contribution >= 4 is 5.78 Å². The highest BCUT2D eigenvalue weighted by molar-refractivity contribution is 5.90. The molecule has 66 valence electrons. The van der Waals surface area contributed by atoms with Crippen molar-refractivity contribution < 1.29 is 18.0 Å². The largest absolute Gasteiger partial charge is 0.668 e. The molecule has 0 radical (unpaired) electrons. The molecule has 2 nitrogen and oxygen atoms in total. The van der Waals surface area contributed by atoms with Crippen molar-refractivity contribution in [2.24, 2.45) is 5.92 Å². The van der Waals surface area contributed by atoms with Gasteiger partial charge >= 0.3 is 6.18 Å². The minimum Gasteiger partial charge on any atom is -0.668 e. The van der Waals surface area contributed by atoms with Gasteiger partial charge in [0, 0.05) is 0 Å². The van der Waals surface area contributed by atoms with E-state index in [0.29, 0.717) is 0 Å². The van der Waals surface area contributed by atoms with Gasteiger partial charge in [-0.15, -0.1) is 0 Å². The van der Waals surface area contributed by atoms with Gasteiger partial charge in [0.05, 0.1) is 0 Å². The van der Waals surface area contributed by atoms with Crippen LogP contribution in [0.2, 0.25) is 0 Å². The van der Waals surface area contributed by atoms with Crippen LogP contribution in [0.4, 0.5) is 13.2 Å². The van der Waals surface area contributed by atoms with Crippen molar-refractivity contribution in [1.29, 1.82) is 0 Å². The van der Waals surface area contributed by atoms with Crippen LogP contribution in [-0.2, 0) is 4.79 Å². The van der Waals surface area contributed by atoms with Gasteiger partial charge in [0.1, 0.15) is 0 Å². The molecule has 0 fully saturated rings. The van der Waals surface area contributed by atoms with Crippen molar-refractivity contribution in [2.45, 2.75) is 26.1 Å². The van der Waals surface area contributed by atoms with E-state index in [1.807, 2.05) is 0 Å². The molecule has 1 atom stereocenters. The molecule has 0 saturated carbocycles. The van der Waals surface area contributed by atoms with E-state index in [4.69, 9.17) is 5.73 Å². The minimum absolute atomic E-state index is 0.593. The second-order valence-corrected chi connectivity index (χ2v) is 2.58. The van der Waals surface area contributed by atoms with E-state index in [0.717, 1.165) is 0 Å². The number of Topliss-reactive ketones (excluding diaryl/α,β-unsaturated/α-hetero) is 1. The summed E-state index contributed by atoms with van der Waals surface area (Å²) in [5.41, 5.74) is 6.82. The smallest absolute Gasteiger partial charge is 0.448 e. The van der Waals surface area contributed by atoms with Crippen molar-refractivity contribution in [3.05, 3.63) is 5.73 Å². The van der Waals surface area contributed by atoms with Gasteiger partial charge in [-0.1, -0.05) is 25.8 Å². The summed E-state index contributed by atoms with van der Waals surface area (Å²) in [6.45, 7) is 2.81. The Morgan fingerprint density at radius 1 is 1.36 bits per heavy atom. The monoisotopic (exact) mass is 168 g/mol. The highest BCUT2D eigenvalue weighted by Gasteiger charge is 2.39. The number of nitrogens with one attached hydrogen (secondary N) is 1. The maximum Gasteiger partial charge on any atom is 0.448 e. The third-order valence-electron chi connectivity index (χ3n) is 1.23. The van der Waals surface area contributed by atoms with E-state index in [-0.39, 0.29) is 0 Å². The predicted molar refractivity (Wildman–Crippen MR) is 34.0 cm³/mol. The summed E-state index contributed by atoms with van der Waals surface area (Å²) in [7, 11) is 0. The number of hydrogen-bond acceptors (Lipinski definition) is 1. The molecule has 0 spiro atoms. The lowest BCUT2D eigenvalue weighted by molar-refractivity contribution is -0.172. The molecule has 1 unspecified atom stereocenters. The molecular formula is C6H9F3NO-. The molecule has 0 aliphatic carbocycles. The Morgan fingerprint density at radius 3 is 1.82 bits per heavy atom. The zero-order valence-electron chi connectivity index (χ0n) is 6.20. The summed E-state index contributed by atoms with van der Waals surface area (Å²) in [6.07, 6.45) is -4.86. The normalized spacial score (nSPS) is 15.2. The highest BCUT2D eigenvalue weighted by Crippen LogP contribution is 2.22. The summed E-state index contributed by atoms with van der Waals surface area (Å²) in [5, 5.41) is 0. The van der Waals surface area contributed by atoms with E-state index < -0.39 is 23.9 Å². The topological polar surface area (TPSA) is 40.9 Å². The molecule has 0 aromatic heterocycles. The van der Waals surface area contributed by atoms with E-state index >= 15 is 0 Å². The maximum atomic E-state index is 11.6. The van der Waals surface area contributed by atoms with Crippen LogP contribution in [0, 0.1) is 5.92 Å². The molecule has 0 bridgehead atoms. The summed E-state index contributed by atoms with van der Waals surface area (Å²) in [5.74, 6) is -2.56. The SMILES string of the molecule is CC(C)C([NH-])C(=O)C(F)(F)F. The van der Waals surface area contributed by atoms with Crippen LogP contribution >= 0.6 is 0 Å². The third kappa shape index (κ3) is 2.88. The van der Waals surface area contributed by atoms with Gasteiger partial charge in [0.2, 0.25) is 5.78 Å². The first kappa shape index (κ1) is 10.4. The van der Waals surface area contributed by atoms with E-state index in [2.05, 4.69) is 0 Å². The summed E-state index contributed by atoms with van der Waals surface area (Å²) in [4.78, 5) is 10.3. The molecule has 0 aliphatic heterocycles. The lowest BCUT2D eigenvalue weighted by Crippen LogP contribution is -2.35. The maximum absolute atomic E-state index is 11.6. The molecule has 0 aromatic carbocycles. The van der Waals surface area contributed by atoms with Gasteiger partial charge in [-0.25, -0.2) is 0 Å². The zero-order valence-corrected chi connectivity index (χ0v) is 6.20. The van der Waals surface area contributed by atoms with Gasteiger partial charge < -0.3 is 5.73 Å². The molecule has 0 saturated heterocycles. The predicted octanol–water partition coefficient (Wildman–Crippen LogP) is 2.19. The van der Waals surface area contributed by atoms with Gasteiger partial charge in [0.25, 0.3) is 0 Å². The number of alkyl halides is 3. The summed E-state index contributed by atoms with van der Waals surface area (Å²) < 4.78 is 34.8. The Labute approximate surface area is 62.6 Å². The standard InChI is InChI=1S/C6H9F3NO/c1-3(2)4(10)5(11)6(7,8)9/h3-4,10H,1-2H3/q-1. The molecule has 11 heavy (non-hydrogen) atoms. The Kier molecular flexibility index (Phi) is 3.04. The fraction of sp³-hybridized carbons (Fsp3) is 0.833. The number of halogens is 3. The van der Waals surface area contributed by atoms with Crippen LogP contribution in [-0.4, -0.2) is 18.0 Å². The highest BCUT2D eigenvalue weighted by atomic mass is 19.4. The molecule has 1 N–H and O–H groups in total. The number of carbonyl (C=O) groups is 1. The Morgan fingerprint density at radius 2 is 1.73 bits per heavy atom. The van der Waals surface area contributed by atoms with Crippen LogP contribution in [0.15, 0.2) is 0 Å². The lowest BCUT2D eigenvalue weighted by Gasteiger charge is -2.23. The molecule has 0 aliphatic rings. The molecule has 0 amide bonds. The fourth-order valence-corrected chi connectivity index (χ4v) is 0.479. The van der Waals surface area contributed by atoms with Crippen molar-refractivity contribution in [3.8, 4) is 0 Å². The quantitative estimate of drug-likeness (QED) is 0.623. The number of hydrogen-bond donors (Lipinski definition) is 0. The minimum atomic E-state index is -4.86. The third-order valence-corrected chi connectivity index (χ3v) is 1.23. The second kappa shape index (κ2) is 3.21. The van der Waals surface area contributed by atoms with Crippen LogP contribution in [0.3, 0.4) is 0 Å². The first-order chi connectivity index (χ1) is 4.76. The Hall–Kier alpha value is -0.580. The first-order valence-electron chi connectivity index (χ1n) is 3.09. The zero-order chi connectivity index (χ0) is 9.23. The molecule has 0 rings (SSSR count).